The van der Waals surface area contributed by atoms with Gasteiger partial charge in [0.25, 0.3) is 0 Å². The fraction of sp³-hybridized carbons (Fsp3) is 0.316. The fourth-order valence-electron chi connectivity index (χ4n) is 2.46. The summed E-state index contributed by atoms with van der Waals surface area (Å²) in [5.41, 5.74) is 1.62. The molecule has 1 aromatic carbocycles. The summed E-state index contributed by atoms with van der Waals surface area (Å²) in [5, 5.41) is 2.84. The van der Waals surface area contributed by atoms with Gasteiger partial charge in [-0.05, 0) is 29.8 Å². The number of carbonyl (C=O) groups is 2. The summed E-state index contributed by atoms with van der Waals surface area (Å²) in [4.78, 5) is 29.6. The van der Waals surface area contributed by atoms with E-state index in [2.05, 4.69) is 10.3 Å². The number of rotatable bonds is 8. The zero-order chi connectivity index (χ0) is 18.9. The molecule has 0 bridgehead atoms. The first-order chi connectivity index (χ1) is 12.5. The Bertz CT molecular complexity index is 750. The van der Waals surface area contributed by atoms with E-state index in [-0.39, 0.29) is 24.8 Å². The first kappa shape index (κ1) is 19.2. The summed E-state index contributed by atoms with van der Waals surface area (Å²) < 4.78 is 10.5. The Balaban J connectivity index is 1.98. The first-order valence-electron chi connectivity index (χ1n) is 8.21. The summed E-state index contributed by atoms with van der Waals surface area (Å²) in [7, 11) is 3.08. The number of hydrogen-bond donors (Lipinski definition) is 1. The monoisotopic (exact) mass is 357 g/mol. The van der Waals surface area contributed by atoms with Crippen LogP contribution in [-0.4, -0.2) is 37.6 Å². The summed E-state index contributed by atoms with van der Waals surface area (Å²) in [6.45, 7) is 2.16. The molecule has 1 N–H and O–H groups in total. The Morgan fingerprint density at radius 1 is 1.08 bits per heavy atom. The van der Waals surface area contributed by atoms with Crippen molar-refractivity contribution in [2.24, 2.45) is 0 Å². The lowest BCUT2D eigenvalue weighted by atomic mass is 10.2. The van der Waals surface area contributed by atoms with Gasteiger partial charge in [-0.2, -0.15) is 0 Å². The molecule has 0 unspecified atom stereocenters. The van der Waals surface area contributed by atoms with Crippen molar-refractivity contribution in [3.05, 3.63) is 48.3 Å². The number of amides is 2. The third kappa shape index (κ3) is 5.20. The van der Waals surface area contributed by atoms with E-state index in [0.29, 0.717) is 23.7 Å². The van der Waals surface area contributed by atoms with Crippen molar-refractivity contribution in [2.75, 3.05) is 25.7 Å². The van der Waals surface area contributed by atoms with Crippen molar-refractivity contribution in [3.63, 3.8) is 0 Å². The second-order valence-electron chi connectivity index (χ2n) is 5.59. The van der Waals surface area contributed by atoms with E-state index >= 15 is 0 Å². The molecule has 0 fully saturated rings. The molecular formula is C19H23N3O4. The van der Waals surface area contributed by atoms with Crippen LogP contribution < -0.4 is 19.7 Å². The zero-order valence-electron chi connectivity index (χ0n) is 15.2. The minimum Gasteiger partial charge on any atom is -0.493 e. The smallest absolute Gasteiger partial charge is 0.223 e. The van der Waals surface area contributed by atoms with Gasteiger partial charge in [0.1, 0.15) is 0 Å². The van der Waals surface area contributed by atoms with Crippen LogP contribution in [0.25, 0.3) is 0 Å². The van der Waals surface area contributed by atoms with Crippen LogP contribution in [-0.2, 0) is 16.1 Å². The molecule has 1 aromatic heterocycles. The third-order valence-corrected chi connectivity index (χ3v) is 3.86. The van der Waals surface area contributed by atoms with Gasteiger partial charge in [0.2, 0.25) is 11.8 Å². The molecule has 0 radical (unpaired) electrons. The SMILES string of the molecule is COc1ccc(N(CCC(=O)NCc2ccncc2)C(C)=O)cc1OC. The quantitative estimate of drug-likeness (QED) is 0.783. The highest BCUT2D eigenvalue weighted by Gasteiger charge is 2.16. The number of carbonyl (C=O) groups excluding carboxylic acids is 2. The van der Waals surface area contributed by atoms with Gasteiger partial charge < -0.3 is 19.7 Å². The second-order valence-corrected chi connectivity index (χ2v) is 5.59. The topological polar surface area (TPSA) is 80.8 Å². The van der Waals surface area contributed by atoms with Crippen LogP contribution in [0.2, 0.25) is 0 Å². The summed E-state index contributed by atoms with van der Waals surface area (Å²) in [5.74, 6) is 0.820. The molecule has 0 saturated heterocycles. The average Bonchev–Trinajstić information content (AvgIpc) is 2.66. The Hall–Kier alpha value is -3.09. The molecule has 0 aliphatic carbocycles. The van der Waals surface area contributed by atoms with E-state index < -0.39 is 0 Å². The lowest BCUT2D eigenvalue weighted by Gasteiger charge is -2.22. The van der Waals surface area contributed by atoms with Crippen LogP contribution in [0.5, 0.6) is 11.5 Å². The highest BCUT2D eigenvalue weighted by atomic mass is 16.5. The van der Waals surface area contributed by atoms with Crippen LogP contribution >= 0.6 is 0 Å². The molecule has 0 aliphatic heterocycles. The minimum absolute atomic E-state index is 0.131. The van der Waals surface area contributed by atoms with Crippen LogP contribution in [0.15, 0.2) is 42.7 Å². The number of benzene rings is 1. The van der Waals surface area contributed by atoms with Crippen LogP contribution in [0.1, 0.15) is 18.9 Å². The predicted molar refractivity (Wildman–Crippen MR) is 98.3 cm³/mol. The number of methoxy groups -OCH3 is 2. The van der Waals surface area contributed by atoms with Gasteiger partial charge in [0, 0.05) is 50.6 Å². The van der Waals surface area contributed by atoms with Gasteiger partial charge in [-0.15, -0.1) is 0 Å². The fourth-order valence-corrected chi connectivity index (χ4v) is 2.46. The van der Waals surface area contributed by atoms with Crippen molar-refractivity contribution >= 4 is 17.5 Å². The van der Waals surface area contributed by atoms with Crippen molar-refractivity contribution in [1.82, 2.24) is 10.3 Å². The van der Waals surface area contributed by atoms with E-state index in [0.717, 1.165) is 5.56 Å². The molecule has 138 valence electrons. The molecular weight excluding hydrogens is 334 g/mol. The van der Waals surface area contributed by atoms with Gasteiger partial charge in [0.05, 0.1) is 14.2 Å². The number of pyridine rings is 1. The summed E-state index contributed by atoms with van der Waals surface area (Å²) >= 11 is 0. The van der Waals surface area contributed by atoms with Gasteiger partial charge in [-0.1, -0.05) is 0 Å². The molecule has 1 heterocycles. The highest BCUT2D eigenvalue weighted by Crippen LogP contribution is 2.31. The number of nitrogens with zero attached hydrogens (tertiary/aromatic N) is 2. The minimum atomic E-state index is -0.154. The Morgan fingerprint density at radius 3 is 2.38 bits per heavy atom. The number of aromatic nitrogens is 1. The number of nitrogens with one attached hydrogen (secondary N) is 1. The Morgan fingerprint density at radius 2 is 1.77 bits per heavy atom. The van der Waals surface area contributed by atoms with Crippen LogP contribution in [0.3, 0.4) is 0 Å². The number of ether oxygens (including phenoxy) is 2. The lowest BCUT2D eigenvalue weighted by molar-refractivity contribution is -0.121. The van der Waals surface area contributed by atoms with E-state index in [1.54, 1.807) is 37.7 Å². The highest BCUT2D eigenvalue weighted by molar-refractivity contribution is 5.92. The number of hydrogen-bond acceptors (Lipinski definition) is 5. The van der Waals surface area contributed by atoms with Gasteiger partial charge in [-0.3, -0.25) is 14.6 Å². The molecule has 2 aromatic rings. The normalized spacial score (nSPS) is 10.1. The Labute approximate surface area is 152 Å². The molecule has 2 rings (SSSR count). The first-order valence-corrected chi connectivity index (χ1v) is 8.21. The maximum absolute atomic E-state index is 12.1. The van der Waals surface area contributed by atoms with Crippen LogP contribution in [0, 0.1) is 0 Å². The molecule has 0 atom stereocenters. The second kappa shape index (κ2) is 9.41. The van der Waals surface area contributed by atoms with E-state index in [4.69, 9.17) is 9.47 Å². The molecule has 0 spiro atoms. The average molecular weight is 357 g/mol. The summed E-state index contributed by atoms with van der Waals surface area (Å²) in [6, 6.07) is 8.89. The molecule has 26 heavy (non-hydrogen) atoms. The maximum atomic E-state index is 12.1. The van der Waals surface area contributed by atoms with Crippen LogP contribution in [0.4, 0.5) is 5.69 Å². The van der Waals surface area contributed by atoms with E-state index in [1.807, 2.05) is 12.1 Å². The van der Waals surface area contributed by atoms with Gasteiger partial charge in [0.15, 0.2) is 11.5 Å². The van der Waals surface area contributed by atoms with Crippen molar-refractivity contribution in [2.45, 2.75) is 19.9 Å². The lowest BCUT2D eigenvalue weighted by Crippen LogP contribution is -2.33. The molecule has 7 heteroatoms. The molecule has 7 nitrogen and oxygen atoms in total. The maximum Gasteiger partial charge on any atom is 0.223 e. The number of anilines is 1. The van der Waals surface area contributed by atoms with E-state index in [9.17, 15) is 9.59 Å². The molecule has 0 saturated carbocycles. The third-order valence-electron chi connectivity index (χ3n) is 3.86. The molecule has 0 aliphatic rings. The standard InChI is InChI=1S/C19H23N3O4/c1-14(23)22(16-4-5-17(25-2)18(12-16)26-3)11-8-19(24)21-13-15-6-9-20-10-7-15/h4-7,9-10,12H,8,11,13H2,1-3H3,(H,21,24). The van der Waals surface area contributed by atoms with Crippen molar-refractivity contribution < 1.29 is 19.1 Å². The predicted octanol–water partition coefficient (Wildman–Crippen LogP) is 2.16. The molecule has 2 amide bonds. The van der Waals surface area contributed by atoms with Gasteiger partial charge >= 0.3 is 0 Å². The van der Waals surface area contributed by atoms with Crippen molar-refractivity contribution in [1.29, 1.82) is 0 Å². The zero-order valence-corrected chi connectivity index (χ0v) is 15.2. The van der Waals surface area contributed by atoms with E-state index in [1.165, 1.54) is 18.9 Å². The van der Waals surface area contributed by atoms with Crippen molar-refractivity contribution in [3.8, 4) is 11.5 Å². The summed E-state index contributed by atoms with van der Waals surface area (Å²) in [6.07, 6.45) is 3.55. The van der Waals surface area contributed by atoms with Gasteiger partial charge in [-0.25, -0.2) is 0 Å². The Kier molecular flexibility index (Phi) is 6.96. The largest absolute Gasteiger partial charge is 0.493 e.